The number of benzene rings is 1. The van der Waals surface area contributed by atoms with Crippen molar-refractivity contribution in [2.24, 2.45) is 5.16 Å². The molecule has 2 heterocycles. The highest BCUT2D eigenvalue weighted by Crippen LogP contribution is 2.32. The molecule has 0 unspecified atom stereocenters. The van der Waals surface area contributed by atoms with Crippen LogP contribution < -0.4 is 0 Å². The molecule has 6 heteroatoms. The summed E-state index contributed by atoms with van der Waals surface area (Å²) < 4.78 is 22.4. The number of hydrogen-bond donors (Lipinski definition) is 1. The van der Waals surface area contributed by atoms with Crippen LogP contribution in [0.3, 0.4) is 0 Å². The molecule has 108 valence electrons. The van der Waals surface area contributed by atoms with E-state index in [1.54, 1.807) is 7.11 Å². The monoisotopic (exact) mass is 279 g/mol. The molecule has 2 aliphatic rings. The standard InChI is InChI=1S/C14H17NO5/c1-17-12-7-10(15-16)13-11(19-12)8-18-14(20-13)9-5-3-2-4-6-9/h2-6,11-14,16H,7-8H2,1H3/t11-,12+,13+,14-/m1/s1. The third-order valence-corrected chi connectivity index (χ3v) is 3.51. The lowest BCUT2D eigenvalue weighted by Gasteiger charge is -2.41. The third kappa shape index (κ3) is 2.55. The fourth-order valence-electron chi connectivity index (χ4n) is 2.49. The molecular formula is C14H17NO5. The molecule has 0 bridgehead atoms. The van der Waals surface area contributed by atoms with Gasteiger partial charge in [0.05, 0.1) is 12.3 Å². The van der Waals surface area contributed by atoms with Crippen molar-refractivity contribution in [2.75, 3.05) is 13.7 Å². The average molecular weight is 279 g/mol. The molecule has 1 aromatic carbocycles. The third-order valence-electron chi connectivity index (χ3n) is 3.51. The number of methoxy groups -OCH3 is 1. The Morgan fingerprint density at radius 3 is 2.75 bits per heavy atom. The summed E-state index contributed by atoms with van der Waals surface area (Å²) in [5.41, 5.74) is 1.45. The van der Waals surface area contributed by atoms with Gasteiger partial charge in [-0.1, -0.05) is 35.5 Å². The van der Waals surface area contributed by atoms with Crippen LogP contribution in [0.5, 0.6) is 0 Å². The number of ether oxygens (including phenoxy) is 4. The van der Waals surface area contributed by atoms with Crippen molar-refractivity contribution >= 4 is 5.71 Å². The summed E-state index contributed by atoms with van der Waals surface area (Å²) in [6, 6.07) is 9.65. The van der Waals surface area contributed by atoms with E-state index in [1.807, 2.05) is 30.3 Å². The van der Waals surface area contributed by atoms with Crippen LogP contribution in [0.4, 0.5) is 0 Å². The van der Waals surface area contributed by atoms with E-state index in [9.17, 15) is 0 Å². The molecule has 0 saturated carbocycles. The minimum atomic E-state index is -0.475. The van der Waals surface area contributed by atoms with Gasteiger partial charge in [-0.15, -0.1) is 0 Å². The van der Waals surface area contributed by atoms with Gasteiger partial charge in [0.2, 0.25) is 0 Å². The van der Waals surface area contributed by atoms with Gasteiger partial charge < -0.3 is 24.2 Å². The van der Waals surface area contributed by atoms with Gasteiger partial charge in [-0.05, 0) is 0 Å². The van der Waals surface area contributed by atoms with Crippen LogP contribution in [0.1, 0.15) is 18.3 Å². The fraction of sp³-hybridized carbons (Fsp3) is 0.500. The minimum absolute atomic E-state index is 0.320. The summed E-state index contributed by atoms with van der Waals surface area (Å²) in [6.07, 6.45) is -1.25. The Bertz CT molecular complexity index is 478. The van der Waals surface area contributed by atoms with E-state index < -0.39 is 18.7 Å². The fourth-order valence-corrected chi connectivity index (χ4v) is 2.49. The van der Waals surface area contributed by atoms with E-state index in [1.165, 1.54) is 0 Å². The Hall–Kier alpha value is -1.47. The van der Waals surface area contributed by atoms with Gasteiger partial charge >= 0.3 is 0 Å². The molecule has 1 aromatic rings. The Morgan fingerprint density at radius 2 is 2.05 bits per heavy atom. The molecule has 0 spiro atoms. The van der Waals surface area contributed by atoms with Crippen LogP contribution in [-0.2, 0) is 18.9 Å². The zero-order chi connectivity index (χ0) is 13.9. The normalized spacial score (nSPS) is 35.8. The first-order valence-electron chi connectivity index (χ1n) is 6.53. The smallest absolute Gasteiger partial charge is 0.184 e. The van der Waals surface area contributed by atoms with Crippen molar-refractivity contribution in [2.45, 2.75) is 31.2 Å². The first kappa shape index (κ1) is 13.5. The summed E-state index contributed by atoms with van der Waals surface area (Å²) in [5, 5.41) is 12.5. The second kappa shape index (κ2) is 5.88. The largest absolute Gasteiger partial charge is 0.411 e. The number of nitrogens with zero attached hydrogens (tertiary/aromatic N) is 1. The molecule has 1 N–H and O–H groups in total. The van der Waals surface area contributed by atoms with Crippen LogP contribution in [-0.4, -0.2) is 43.1 Å². The second-order valence-electron chi connectivity index (χ2n) is 4.77. The Kier molecular flexibility index (Phi) is 3.98. The van der Waals surface area contributed by atoms with Gasteiger partial charge in [-0.3, -0.25) is 0 Å². The molecule has 2 saturated heterocycles. The van der Waals surface area contributed by atoms with E-state index in [4.69, 9.17) is 24.2 Å². The summed E-state index contributed by atoms with van der Waals surface area (Å²) >= 11 is 0. The van der Waals surface area contributed by atoms with E-state index >= 15 is 0 Å². The van der Waals surface area contributed by atoms with Gasteiger partial charge in [-0.25, -0.2) is 0 Å². The lowest BCUT2D eigenvalue weighted by molar-refractivity contribution is -0.286. The Morgan fingerprint density at radius 1 is 1.25 bits per heavy atom. The minimum Gasteiger partial charge on any atom is -0.411 e. The van der Waals surface area contributed by atoms with Crippen molar-refractivity contribution in [3.8, 4) is 0 Å². The van der Waals surface area contributed by atoms with E-state index in [0.29, 0.717) is 18.7 Å². The van der Waals surface area contributed by atoms with E-state index in [0.717, 1.165) is 5.56 Å². The average Bonchev–Trinajstić information content (AvgIpc) is 2.54. The SMILES string of the molecule is CO[C@@H]1CC(=NO)[C@@H]2O[C@H](c3ccccc3)OC[C@H]2O1. The molecule has 4 atom stereocenters. The number of fused-ring (bicyclic) bond motifs is 1. The molecule has 0 amide bonds. The number of hydrogen-bond acceptors (Lipinski definition) is 6. The summed E-state index contributed by atoms with van der Waals surface area (Å²) in [4.78, 5) is 0. The maximum Gasteiger partial charge on any atom is 0.184 e. The topological polar surface area (TPSA) is 69.5 Å². The molecule has 0 radical (unpaired) electrons. The zero-order valence-corrected chi connectivity index (χ0v) is 11.1. The van der Waals surface area contributed by atoms with Crippen LogP contribution in [0.25, 0.3) is 0 Å². The van der Waals surface area contributed by atoms with E-state index in [-0.39, 0.29) is 6.10 Å². The first-order valence-corrected chi connectivity index (χ1v) is 6.53. The van der Waals surface area contributed by atoms with E-state index in [2.05, 4.69) is 5.16 Å². The molecular weight excluding hydrogens is 262 g/mol. The van der Waals surface area contributed by atoms with Crippen molar-refractivity contribution < 1.29 is 24.2 Å². The molecule has 0 aromatic heterocycles. The van der Waals surface area contributed by atoms with Gasteiger partial charge in [-0.2, -0.15) is 0 Å². The Labute approximate surface area is 116 Å². The predicted octanol–water partition coefficient (Wildman–Crippen LogP) is 1.69. The van der Waals surface area contributed by atoms with Crippen molar-refractivity contribution in [1.82, 2.24) is 0 Å². The van der Waals surface area contributed by atoms with Crippen molar-refractivity contribution in [3.05, 3.63) is 35.9 Å². The molecule has 3 rings (SSSR count). The summed E-state index contributed by atoms with van der Waals surface area (Å²) in [7, 11) is 1.55. The number of rotatable bonds is 2. The van der Waals surface area contributed by atoms with Gasteiger partial charge in [0, 0.05) is 19.1 Å². The van der Waals surface area contributed by atoms with Crippen LogP contribution in [0.15, 0.2) is 35.5 Å². The highest BCUT2D eigenvalue weighted by molar-refractivity contribution is 5.89. The zero-order valence-electron chi connectivity index (χ0n) is 11.1. The summed E-state index contributed by atoms with van der Waals surface area (Å²) in [6.45, 7) is 0.364. The molecule has 0 aliphatic carbocycles. The highest BCUT2D eigenvalue weighted by Gasteiger charge is 2.42. The van der Waals surface area contributed by atoms with Crippen LogP contribution in [0, 0.1) is 0 Å². The van der Waals surface area contributed by atoms with Crippen LogP contribution >= 0.6 is 0 Å². The molecule has 2 aliphatic heterocycles. The predicted molar refractivity (Wildman–Crippen MR) is 69.5 cm³/mol. The van der Waals surface area contributed by atoms with Gasteiger partial charge in [0.1, 0.15) is 12.2 Å². The molecule has 20 heavy (non-hydrogen) atoms. The van der Waals surface area contributed by atoms with Crippen molar-refractivity contribution in [1.29, 1.82) is 0 Å². The lowest BCUT2D eigenvalue weighted by Crippen LogP contribution is -2.53. The van der Waals surface area contributed by atoms with Crippen LogP contribution in [0.2, 0.25) is 0 Å². The molecule has 6 nitrogen and oxygen atoms in total. The Balaban J connectivity index is 1.76. The first-order chi connectivity index (χ1) is 9.81. The number of oxime groups is 1. The quantitative estimate of drug-likeness (QED) is 0.659. The second-order valence-corrected chi connectivity index (χ2v) is 4.77. The maximum absolute atomic E-state index is 9.16. The summed E-state index contributed by atoms with van der Waals surface area (Å²) in [5.74, 6) is 0. The van der Waals surface area contributed by atoms with Gasteiger partial charge in [0.15, 0.2) is 12.6 Å². The lowest BCUT2D eigenvalue weighted by atomic mass is 10.0. The van der Waals surface area contributed by atoms with Crippen molar-refractivity contribution in [3.63, 3.8) is 0 Å². The van der Waals surface area contributed by atoms with Gasteiger partial charge in [0.25, 0.3) is 0 Å². The molecule has 2 fully saturated rings. The maximum atomic E-state index is 9.16. The highest BCUT2D eigenvalue weighted by atomic mass is 16.7.